The van der Waals surface area contributed by atoms with Crippen LogP contribution in [0.15, 0.2) is 48.5 Å². The molecule has 1 aromatic heterocycles. The standard InChI is InChI=1S/C26H29F2N3O4/c1-4-13-34-18-22(32)16-30(12-14-33-3)17-23-19(2)29-31(21-8-6-5-7-9-21)26(23)35-25-11-10-20(27)15-24(25)28/h1,5-11,15,22,32H,12-14,16-18H2,2-3H3/t22-/m1/s1. The van der Waals surface area contributed by atoms with Crippen LogP contribution in [-0.2, 0) is 16.0 Å². The Kier molecular flexibility index (Phi) is 9.76. The number of aryl methyl sites for hydroxylation is 1. The molecule has 1 heterocycles. The third-order valence-electron chi connectivity index (χ3n) is 5.20. The Morgan fingerprint density at radius 1 is 1.20 bits per heavy atom. The van der Waals surface area contributed by atoms with Gasteiger partial charge < -0.3 is 19.3 Å². The van der Waals surface area contributed by atoms with Gasteiger partial charge in [0.25, 0.3) is 0 Å². The molecular formula is C26H29F2N3O4. The van der Waals surface area contributed by atoms with Crippen molar-refractivity contribution in [2.45, 2.75) is 19.6 Å². The number of nitrogens with zero attached hydrogens (tertiary/aromatic N) is 3. The quantitative estimate of drug-likeness (QED) is 0.294. The second-order valence-electron chi connectivity index (χ2n) is 7.89. The van der Waals surface area contributed by atoms with Gasteiger partial charge >= 0.3 is 0 Å². The summed E-state index contributed by atoms with van der Waals surface area (Å²) in [7, 11) is 1.59. The molecule has 0 aliphatic carbocycles. The largest absolute Gasteiger partial charge is 0.435 e. The smallest absolute Gasteiger partial charge is 0.227 e. The molecule has 0 bridgehead atoms. The number of methoxy groups -OCH3 is 1. The second-order valence-corrected chi connectivity index (χ2v) is 7.89. The van der Waals surface area contributed by atoms with Crippen LogP contribution < -0.4 is 4.74 Å². The van der Waals surface area contributed by atoms with Crippen LogP contribution in [0.3, 0.4) is 0 Å². The van der Waals surface area contributed by atoms with Crippen molar-refractivity contribution in [3.8, 4) is 29.7 Å². The number of aliphatic hydroxyl groups excluding tert-OH is 1. The Bertz CT molecular complexity index is 1130. The number of aromatic nitrogens is 2. The number of aliphatic hydroxyl groups is 1. The summed E-state index contributed by atoms with van der Waals surface area (Å²) in [5.41, 5.74) is 2.06. The average Bonchev–Trinajstić information content (AvgIpc) is 3.14. The van der Waals surface area contributed by atoms with E-state index in [2.05, 4.69) is 11.0 Å². The Morgan fingerprint density at radius 3 is 2.66 bits per heavy atom. The summed E-state index contributed by atoms with van der Waals surface area (Å²) in [6.07, 6.45) is 4.41. The van der Waals surface area contributed by atoms with Crippen LogP contribution in [0.5, 0.6) is 11.6 Å². The minimum Gasteiger partial charge on any atom is -0.435 e. The highest BCUT2D eigenvalue weighted by atomic mass is 19.1. The Balaban J connectivity index is 1.95. The van der Waals surface area contributed by atoms with E-state index in [0.717, 1.165) is 12.1 Å². The Labute approximate surface area is 203 Å². The molecule has 0 fully saturated rings. The summed E-state index contributed by atoms with van der Waals surface area (Å²) < 4.78 is 46.0. The van der Waals surface area contributed by atoms with Gasteiger partial charge in [0.1, 0.15) is 12.4 Å². The number of hydrogen-bond acceptors (Lipinski definition) is 6. The zero-order valence-corrected chi connectivity index (χ0v) is 19.8. The fraction of sp³-hybridized carbons (Fsp3) is 0.346. The van der Waals surface area contributed by atoms with E-state index in [4.69, 9.17) is 20.6 Å². The van der Waals surface area contributed by atoms with E-state index >= 15 is 0 Å². The molecule has 7 nitrogen and oxygen atoms in total. The Hall–Kier alpha value is -3.29. The van der Waals surface area contributed by atoms with Gasteiger partial charge in [0, 0.05) is 32.8 Å². The van der Waals surface area contributed by atoms with Crippen molar-refractivity contribution < 1.29 is 28.1 Å². The number of halogens is 2. The lowest BCUT2D eigenvalue weighted by Gasteiger charge is -2.25. The van der Waals surface area contributed by atoms with Crippen molar-refractivity contribution in [1.29, 1.82) is 0 Å². The van der Waals surface area contributed by atoms with E-state index in [-0.39, 0.29) is 25.5 Å². The predicted octanol–water partition coefficient (Wildman–Crippen LogP) is 3.71. The van der Waals surface area contributed by atoms with Gasteiger partial charge in [-0.05, 0) is 31.2 Å². The van der Waals surface area contributed by atoms with Gasteiger partial charge in [0.2, 0.25) is 5.88 Å². The first-order valence-corrected chi connectivity index (χ1v) is 11.1. The molecule has 0 saturated heterocycles. The average molecular weight is 486 g/mol. The van der Waals surface area contributed by atoms with Gasteiger partial charge in [0.05, 0.1) is 36.3 Å². The molecule has 0 saturated carbocycles. The summed E-state index contributed by atoms with van der Waals surface area (Å²) in [4.78, 5) is 1.96. The van der Waals surface area contributed by atoms with Gasteiger partial charge in [-0.25, -0.2) is 13.5 Å². The van der Waals surface area contributed by atoms with Gasteiger partial charge in [-0.3, -0.25) is 4.90 Å². The van der Waals surface area contributed by atoms with E-state index in [1.807, 2.05) is 42.2 Å². The minimum atomic E-state index is -0.827. The lowest BCUT2D eigenvalue weighted by Crippen LogP contribution is -2.36. The number of benzene rings is 2. The fourth-order valence-electron chi connectivity index (χ4n) is 3.52. The predicted molar refractivity (Wildman–Crippen MR) is 128 cm³/mol. The van der Waals surface area contributed by atoms with Crippen LogP contribution >= 0.6 is 0 Å². The van der Waals surface area contributed by atoms with Crippen LogP contribution in [0.4, 0.5) is 8.78 Å². The third-order valence-corrected chi connectivity index (χ3v) is 5.20. The molecule has 186 valence electrons. The number of rotatable bonds is 13. The summed E-state index contributed by atoms with van der Waals surface area (Å²) >= 11 is 0. The first kappa shape index (κ1) is 26.3. The van der Waals surface area contributed by atoms with Crippen LogP contribution in [0.2, 0.25) is 0 Å². The second kappa shape index (κ2) is 13.0. The summed E-state index contributed by atoms with van der Waals surface area (Å²) in [5, 5.41) is 15.1. The lowest BCUT2D eigenvalue weighted by atomic mass is 10.2. The van der Waals surface area contributed by atoms with Crippen LogP contribution in [0, 0.1) is 30.9 Å². The number of hydrogen-bond donors (Lipinski definition) is 1. The number of para-hydroxylation sites is 1. The van der Waals surface area contributed by atoms with Crippen molar-refractivity contribution >= 4 is 0 Å². The monoisotopic (exact) mass is 485 g/mol. The highest BCUT2D eigenvalue weighted by Gasteiger charge is 2.23. The van der Waals surface area contributed by atoms with Gasteiger partial charge in [-0.2, -0.15) is 5.10 Å². The Morgan fingerprint density at radius 2 is 1.97 bits per heavy atom. The molecule has 0 aliphatic rings. The fourth-order valence-corrected chi connectivity index (χ4v) is 3.52. The van der Waals surface area contributed by atoms with Crippen LogP contribution in [-0.4, -0.2) is 65.9 Å². The molecule has 0 radical (unpaired) electrons. The number of terminal acetylenes is 1. The number of ether oxygens (including phenoxy) is 3. The topological polar surface area (TPSA) is 69.0 Å². The maximum absolute atomic E-state index is 14.5. The maximum atomic E-state index is 14.5. The molecule has 3 rings (SSSR count). The van der Waals surface area contributed by atoms with Crippen molar-refractivity contribution in [3.05, 3.63) is 71.4 Å². The lowest BCUT2D eigenvalue weighted by molar-refractivity contribution is 0.0205. The molecule has 0 amide bonds. The SMILES string of the molecule is C#CCOC[C@H](O)CN(CCOC)Cc1c(C)nn(-c2ccccc2)c1Oc1ccc(F)cc1F. The van der Waals surface area contributed by atoms with Gasteiger partial charge in [0.15, 0.2) is 11.6 Å². The first-order chi connectivity index (χ1) is 16.9. The van der Waals surface area contributed by atoms with E-state index in [1.54, 1.807) is 11.8 Å². The highest BCUT2D eigenvalue weighted by Crippen LogP contribution is 2.33. The molecule has 3 aromatic rings. The van der Waals surface area contributed by atoms with E-state index in [1.165, 1.54) is 6.07 Å². The van der Waals surface area contributed by atoms with Crippen molar-refractivity contribution in [2.75, 3.05) is 40.0 Å². The van der Waals surface area contributed by atoms with Crippen molar-refractivity contribution in [1.82, 2.24) is 14.7 Å². The zero-order valence-electron chi connectivity index (χ0n) is 19.8. The molecule has 1 atom stereocenters. The molecule has 2 aromatic carbocycles. The zero-order chi connectivity index (χ0) is 25.2. The van der Waals surface area contributed by atoms with Gasteiger partial charge in [-0.15, -0.1) is 6.42 Å². The summed E-state index contributed by atoms with van der Waals surface area (Å²) in [5.74, 6) is 1.00. The first-order valence-electron chi connectivity index (χ1n) is 11.1. The molecule has 0 unspecified atom stereocenters. The molecule has 0 spiro atoms. The highest BCUT2D eigenvalue weighted by molar-refractivity contribution is 5.43. The van der Waals surface area contributed by atoms with E-state index < -0.39 is 17.7 Å². The minimum absolute atomic E-state index is 0.0834. The molecule has 1 N–H and O–H groups in total. The summed E-state index contributed by atoms with van der Waals surface area (Å²) in [6.45, 7) is 3.54. The normalized spacial score (nSPS) is 12.0. The van der Waals surface area contributed by atoms with Crippen molar-refractivity contribution in [2.24, 2.45) is 0 Å². The molecule has 9 heteroatoms. The van der Waals surface area contributed by atoms with E-state index in [9.17, 15) is 13.9 Å². The molecule has 35 heavy (non-hydrogen) atoms. The van der Waals surface area contributed by atoms with Gasteiger partial charge in [-0.1, -0.05) is 24.1 Å². The maximum Gasteiger partial charge on any atom is 0.227 e. The van der Waals surface area contributed by atoms with Crippen LogP contribution in [0.1, 0.15) is 11.3 Å². The molecule has 0 aliphatic heterocycles. The third kappa shape index (κ3) is 7.34. The van der Waals surface area contributed by atoms with Crippen molar-refractivity contribution in [3.63, 3.8) is 0 Å². The summed E-state index contributed by atoms with van der Waals surface area (Å²) in [6, 6.07) is 12.4. The van der Waals surface area contributed by atoms with Crippen LogP contribution in [0.25, 0.3) is 5.69 Å². The van der Waals surface area contributed by atoms with E-state index in [0.29, 0.717) is 42.5 Å². The molecular weight excluding hydrogens is 456 g/mol.